The molecule has 2 aromatic heterocycles. The van der Waals surface area contributed by atoms with Crippen LogP contribution >= 0.6 is 34.5 Å². The predicted octanol–water partition coefficient (Wildman–Crippen LogP) is 4.15. The molecular weight excluding hydrogens is 251 g/mol. The highest BCUT2D eigenvalue weighted by atomic mass is 35.5. The van der Waals surface area contributed by atoms with E-state index in [2.05, 4.69) is 10.2 Å². The Morgan fingerprint density at radius 2 is 2.00 bits per heavy atom. The molecule has 3 rings (SSSR count). The zero-order valence-corrected chi connectivity index (χ0v) is 9.70. The third kappa shape index (κ3) is 1.39. The summed E-state index contributed by atoms with van der Waals surface area (Å²) in [7, 11) is 0. The number of hydrogen-bond donors (Lipinski definition) is 0. The third-order valence-electron chi connectivity index (χ3n) is 2.16. The molecule has 0 aliphatic rings. The second kappa shape index (κ2) is 3.30. The second-order valence-corrected chi connectivity index (χ2v) is 4.95. The first kappa shape index (κ1) is 9.33. The molecule has 15 heavy (non-hydrogen) atoms. The lowest BCUT2D eigenvalue weighted by molar-refractivity contribution is 1.08. The van der Waals surface area contributed by atoms with Crippen LogP contribution in [0.1, 0.15) is 0 Å². The molecule has 0 saturated carbocycles. The molecular formula is C10H4Cl2N2S. The molecule has 0 N–H and O–H groups in total. The van der Waals surface area contributed by atoms with Crippen LogP contribution < -0.4 is 0 Å². The molecule has 0 aliphatic carbocycles. The maximum absolute atomic E-state index is 6.10. The first-order valence-corrected chi connectivity index (χ1v) is 5.83. The summed E-state index contributed by atoms with van der Waals surface area (Å²) in [6.07, 6.45) is 0. The van der Waals surface area contributed by atoms with Crippen LogP contribution in [0.3, 0.4) is 0 Å². The summed E-state index contributed by atoms with van der Waals surface area (Å²) < 4.78 is 2.05. The smallest absolute Gasteiger partial charge is 0.147 e. The number of benzene rings is 1. The van der Waals surface area contributed by atoms with E-state index >= 15 is 0 Å². The van der Waals surface area contributed by atoms with Gasteiger partial charge >= 0.3 is 0 Å². The fourth-order valence-electron chi connectivity index (χ4n) is 1.53. The Hall–Kier alpha value is -0.900. The first-order valence-electron chi connectivity index (χ1n) is 4.25. The molecule has 0 fully saturated rings. The molecule has 74 valence electrons. The Morgan fingerprint density at radius 3 is 2.87 bits per heavy atom. The van der Waals surface area contributed by atoms with Gasteiger partial charge in [0.2, 0.25) is 0 Å². The molecule has 2 nitrogen and oxygen atoms in total. The molecule has 2 heterocycles. The number of halogens is 2. The molecule has 5 heteroatoms. The highest BCUT2D eigenvalue weighted by Gasteiger charge is 2.09. The van der Waals surface area contributed by atoms with E-state index in [1.165, 1.54) is 0 Å². The topological polar surface area (TPSA) is 25.8 Å². The van der Waals surface area contributed by atoms with Gasteiger partial charge in [-0.15, -0.1) is 21.5 Å². The van der Waals surface area contributed by atoms with Crippen LogP contribution in [0, 0.1) is 0 Å². The van der Waals surface area contributed by atoms with Crippen LogP contribution in [0.2, 0.25) is 10.2 Å². The summed E-state index contributed by atoms with van der Waals surface area (Å²) in [6, 6.07) is 7.58. The van der Waals surface area contributed by atoms with Gasteiger partial charge in [0.1, 0.15) is 5.52 Å². The van der Waals surface area contributed by atoms with Crippen molar-refractivity contribution in [1.29, 1.82) is 0 Å². The second-order valence-electron chi connectivity index (χ2n) is 3.10. The fourth-order valence-corrected chi connectivity index (χ4v) is 3.11. The molecule has 0 bridgehead atoms. The zero-order valence-electron chi connectivity index (χ0n) is 7.37. The molecule has 0 aliphatic heterocycles. The number of fused-ring (bicyclic) bond motifs is 3. The summed E-state index contributed by atoms with van der Waals surface area (Å²) >= 11 is 13.5. The molecule has 3 aromatic rings. The summed E-state index contributed by atoms with van der Waals surface area (Å²) in [6.45, 7) is 0. The molecule has 0 unspecified atom stereocenters. The van der Waals surface area contributed by atoms with Gasteiger partial charge < -0.3 is 0 Å². The van der Waals surface area contributed by atoms with E-state index in [9.17, 15) is 0 Å². The quantitative estimate of drug-likeness (QED) is 0.603. The Labute approximate surface area is 99.4 Å². The van der Waals surface area contributed by atoms with E-state index in [4.69, 9.17) is 23.2 Å². The third-order valence-corrected chi connectivity index (χ3v) is 3.95. The summed E-state index contributed by atoms with van der Waals surface area (Å²) in [5.74, 6) is 0. The largest absolute Gasteiger partial charge is 0.153 e. The zero-order chi connectivity index (χ0) is 10.4. The Bertz CT molecular complexity index is 663. The lowest BCUT2D eigenvalue weighted by Crippen LogP contribution is -1.80. The lowest BCUT2D eigenvalue weighted by Gasteiger charge is -1.91. The SMILES string of the molecule is Clc1cc2sc3c(Cl)cccc3c2nn1. The monoisotopic (exact) mass is 254 g/mol. The Balaban J connectivity index is 2.57. The van der Waals surface area contributed by atoms with E-state index in [-0.39, 0.29) is 0 Å². The minimum absolute atomic E-state index is 0.408. The fraction of sp³-hybridized carbons (Fsp3) is 0. The van der Waals surface area contributed by atoms with Gasteiger partial charge in [-0.1, -0.05) is 35.3 Å². The van der Waals surface area contributed by atoms with Gasteiger partial charge in [-0.3, -0.25) is 0 Å². The van der Waals surface area contributed by atoms with Crippen LogP contribution in [0.5, 0.6) is 0 Å². The van der Waals surface area contributed by atoms with Crippen molar-refractivity contribution < 1.29 is 0 Å². The highest BCUT2D eigenvalue weighted by molar-refractivity contribution is 7.26. The van der Waals surface area contributed by atoms with Gasteiger partial charge in [0.25, 0.3) is 0 Å². The number of aromatic nitrogens is 2. The van der Waals surface area contributed by atoms with Crippen molar-refractivity contribution in [1.82, 2.24) is 10.2 Å². The number of nitrogens with zero attached hydrogens (tertiary/aromatic N) is 2. The molecule has 0 saturated heterocycles. The van der Waals surface area contributed by atoms with Crippen molar-refractivity contribution in [2.45, 2.75) is 0 Å². The van der Waals surface area contributed by atoms with Crippen LogP contribution in [0.25, 0.3) is 20.3 Å². The summed E-state index contributed by atoms with van der Waals surface area (Å²) in [5, 5.41) is 10.1. The van der Waals surface area contributed by atoms with Crippen molar-refractivity contribution in [2.75, 3.05) is 0 Å². The molecule has 0 radical (unpaired) electrons. The normalized spacial score (nSPS) is 11.3. The average molecular weight is 255 g/mol. The van der Waals surface area contributed by atoms with Crippen molar-refractivity contribution in [3.8, 4) is 0 Å². The molecule has 0 amide bonds. The van der Waals surface area contributed by atoms with Crippen molar-refractivity contribution >= 4 is 54.8 Å². The van der Waals surface area contributed by atoms with Gasteiger partial charge in [0.05, 0.1) is 14.4 Å². The van der Waals surface area contributed by atoms with Crippen LogP contribution in [-0.2, 0) is 0 Å². The Kier molecular flexibility index (Phi) is 2.06. The minimum Gasteiger partial charge on any atom is -0.147 e. The van der Waals surface area contributed by atoms with Gasteiger partial charge in [-0.25, -0.2) is 0 Å². The van der Waals surface area contributed by atoms with E-state index < -0.39 is 0 Å². The maximum atomic E-state index is 6.10. The average Bonchev–Trinajstić information content (AvgIpc) is 2.57. The predicted molar refractivity (Wildman–Crippen MR) is 64.9 cm³/mol. The van der Waals surface area contributed by atoms with Gasteiger partial charge in [0, 0.05) is 5.39 Å². The first-order chi connectivity index (χ1) is 7.25. The standard InChI is InChI=1S/C10H4Cl2N2S/c11-6-3-1-2-5-9-7(15-10(5)6)4-8(12)13-14-9/h1-4H. The Morgan fingerprint density at radius 1 is 1.13 bits per heavy atom. The number of hydrogen-bond acceptors (Lipinski definition) is 3. The van der Waals surface area contributed by atoms with Crippen LogP contribution in [0.4, 0.5) is 0 Å². The van der Waals surface area contributed by atoms with E-state index in [0.29, 0.717) is 5.15 Å². The van der Waals surface area contributed by atoms with Crippen molar-refractivity contribution in [3.63, 3.8) is 0 Å². The number of thiophene rings is 1. The van der Waals surface area contributed by atoms with Gasteiger partial charge in [-0.2, -0.15) is 0 Å². The molecule has 1 aromatic carbocycles. The number of rotatable bonds is 0. The van der Waals surface area contributed by atoms with E-state index in [0.717, 1.165) is 25.3 Å². The molecule has 0 spiro atoms. The van der Waals surface area contributed by atoms with Crippen LogP contribution in [-0.4, -0.2) is 10.2 Å². The highest BCUT2D eigenvalue weighted by Crippen LogP contribution is 2.36. The summed E-state index contributed by atoms with van der Waals surface area (Å²) in [4.78, 5) is 0. The van der Waals surface area contributed by atoms with Gasteiger partial charge in [-0.05, 0) is 12.1 Å². The molecule has 0 atom stereocenters. The minimum atomic E-state index is 0.408. The summed E-state index contributed by atoms with van der Waals surface area (Å²) in [5.41, 5.74) is 0.863. The van der Waals surface area contributed by atoms with Gasteiger partial charge in [0.15, 0.2) is 5.15 Å². The lowest BCUT2D eigenvalue weighted by atomic mass is 10.2. The maximum Gasteiger partial charge on any atom is 0.153 e. The van der Waals surface area contributed by atoms with Crippen molar-refractivity contribution in [2.24, 2.45) is 0 Å². The van der Waals surface area contributed by atoms with E-state index in [1.54, 1.807) is 11.3 Å². The van der Waals surface area contributed by atoms with E-state index in [1.807, 2.05) is 24.3 Å². The van der Waals surface area contributed by atoms with Crippen LogP contribution in [0.15, 0.2) is 24.3 Å². The van der Waals surface area contributed by atoms with Crippen molar-refractivity contribution in [3.05, 3.63) is 34.4 Å².